The van der Waals surface area contributed by atoms with E-state index in [0.717, 1.165) is 6.42 Å². The van der Waals surface area contributed by atoms with Gasteiger partial charge in [-0.05, 0) is 29.9 Å². The normalized spacial score (nSPS) is 23.3. The van der Waals surface area contributed by atoms with Gasteiger partial charge in [-0.25, -0.2) is 12.7 Å². The van der Waals surface area contributed by atoms with Crippen LogP contribution >= 0.6 is 11.6 Å². The zero-order valence-corrected chi connectivity index (χ0v) is 12.2. The molecule has 100 valence electrons. The van der Waals surface area contributed by atoms with Crippen LogP contribution in [0, 0.1) is 11.8 Å². The Labute approximate surface area is 114 Å². The van der Waals surface area contributed by atoms with Gasteiger partial charge in [-0.2, -0.15) is 0 Å². The van der Waals surface area contributed by atoms with E-state index in [1.807, 2.05) is 0 Å². The smallest absolute Gasteiger partial charge is 0.207 e. The number of rotatable bonds is 5. The second kappa shape index (κ2) is 5.19. The molecule has 1 fully saturated rings. The van der Waals surface area contributed by atoms with Crippen LogP contribution < -0.4 is 0 Å². The van der Waals surface area contributed by atoms with Crippen molar-refractivity contribution < 1.29 is 8.42 Å². The van der Waals surface area contributed by atoms with E-state index in [-0.39, 0.29) is 5.88 Å². The fourth-order valence-corrected chi connectivity index (χ4v) is 3.87. The van der Waals surface area contributed by atoms with Gasteiger partial charge in [0.15, 0.2) is 0 Å². The molecule has 1 aromatic rings. The van der Waals surface area contributed by atoms with E-state index in [4.69, 9.17) is 11.6 Å². The molecule has 1 saturated carbocycles. The van der Waals surface area contributed by atoms with Crippen molar-refractivity contribution in [1.82, 2.24) is 4.31 Å². The van der Waals surface area contributed by atoms with Gasteiger partial charge in [0.05, 0.1) is 4.90 Å². The quantitative estimate of drug-likeness (QED) is 0.781. The molecule has 2 atom stereocenters. The lowest BCUT2D eigenvalue weighted by molar-refractivity contribution is 0.444. The summed E-state index contributed by atoms with van der Waals surface area (Å²) in [5, 5.41) is 0. The topological polar surface area (TPSA) is 37.4 Å². The highest BCUT2D eigenvalue weighted by Gasteiger charge is 2.36. The summed E-state index contributed by atoms with van der Waals surface area (Å²) in [6.45, 7) is 2.75. The lowest BCUT2D eigenvalue weighted by atomic mass is 10.2. The average molecular weight is 288 g/mol. The largest absolute Gasteiger partial charge is 0.243 e. The van der Waals surface area contributed by atoms with Gasteiger partial charge in [0, 0.05) is 19.5 Å². The van der Waals surface area contributed by atoms with Crippen molar-refractivity contribution in [1.29, 1.82) is 0 Å². The summed E-state index contributed by atoms with van der Waals surface area (Å²) in [7, 11) is -1.77. The molecule has 0 aromatic heterocycles. The fraction of sp³-hybridized carbons (Fsp3) is 0.538. The van der Waals surface area contributed by atoms with Crippen molar-refractivity contribution in [3.8, 4) is 0 Å². The van der Waals surface area contributed by atoms with Crippen LogP contribution in [-0.4, -0.2) is 26.3 Å². The van der Waals surface area contributed by atoms with Gasteiger partial charge >= 0.3 is 0 Å². The number of alkyl halides is 1. The first-order valence-electron chi connectivity index (χ1n) is 6.07. The highest BCUT2D eigenvalue weighted by Crippen LogP contribution is 2.38. The Morgan fingerprint density at radius 3 is 2.56 bits per heavy atom. The maximum Gasteiger partial charge on any atom is 0.243 e. The Morgan fingerprint density at radius 2 is 2.00 bits per heavy atom. The molecule has 0 bridgehead atoms. The lowest BCUT2D eigenvalue weighted by Crippen LogP contribution is -2.29. The number of benzene rings is 1. The van der Waals surface area contributed by atoms with E-state index >= 15 is 0 Å². The first-order valence-corrected chi connectivity index (χ1v) is 8.04. The van der Waals surface area contributed by atoms with E-state index in [2.05, 4.69) is 6.92 Å². The SMILES string of the molecule is CC1CC1CN(C)S(=O)(=O)c1ccccc1CCl. The van der Waals surface area contributed by atoms with Crippen LogP contribution in [0.2, 0.25) is 0 Å². The summed E-state index contributed by atoms with van der Waals surface area (Å²) in [5.41, 5.74) is 0.662. The molecule has 0 N–H and O–H groups in total. The average Bonchev–Trinajstić information content (AvgIpc) is 3.04. The number of hydrogen-bond acceptors (Lipinski definition) is 2. The van der Waals surface area contributed by atoms with Crippen molar-refractivity contribution in [3.63, 3.8) is 0 Å². The number of hydrogen-bond donors (Lipinski definition) is 0. The second-order valence-electron chi connectivity index (χ2n) is 5.00. The van der Waals surface area contributed by atoms with E-state index in [1.165, 1.54) is 4.31 Å². The molecule has 0 saturated heterocycles. The monoisotopic (exact) mass is 287 g/mol. The van der Waals surface area contributed by atoms with Gasteiger partial charge in [-0.1, -0.05) is 25.1 Å². The Balaban J connectivity index is 2.24. The zero-order valence-electron chi connectivity index (χ0n) is 10.6. The van der Waals surface area contributed by atoms with Crippen LogP contribution in [0.1, 0.15) is 18.9 Å². The summed E-state index contributed by atoms with van der Waals surface area (Å²) in [4.78, 5) is 0.329. The molecule has 5 heteroatoms. The minimum absolute atomic E-state index is 0.211. The van der Waals surface area contributed by atoms with E-state index < -0.39 is 10.0 Å². The van der Waals surface area contributed by atoms with Crippen LogP contribution in [0.15, 0.2) is 29.2 Å². The molecule has 1 aliphatic rings. The molecule has 0 amide bonds. The van der Waals surface area contributed by atoms with Crippen LogP contribution in [0.25, 0.3) is 0 Å². The third-order valence-corrected chi connectivity index (χ3v) is 5.78. The van der Waals surface area contributed by atoms with Gasteiger partial charge in [0.1, 0.15) is 0 Å². The Kier molecular flexibility index (Phi) is 3.99. The third kappa shape index (κ3) is 2.71. The van der Waals surface area contributed by atoms with Crippen molar-refractivity contribution in [3.05, 3.63) is 29.8 Å². The highest BCUT2D eigenvalue weighted by molar-refractivity contribution is 7.89. The summed E-state index contributed by atoms with van der Waals surface area (Å²) in [5.74, 6) is 1.36. The molecule has 0 heterocycles. The summed E-state index contributed by atoms with van der Waals surface area (Å²) in [6.07, 6.45) is 1.12. The van der Waals surface area contributed by atoms with E-state index in [0.29, 0.717) is 28.8 Å². The van der Waals surface area contributed by atoms with Gasteiger partial charge in [-0.15, -0.1) is 11.6 Å². The first-order chi connectivity index (χ1) is 8.46. The minimum atomic E-state index is -3.41. The maximum absolute atomic E-state index is 12.4. The zero-order chi connectivity index (χ0) is 13.3. The van der Waals surface area contributed by atoms with Crippen molar-refractivity contribution in [2.45, 2.75) is 24.1 Å². The number of nitrogens with zero attached hydrogens (tertiary/aromatic N) is 1. The fourth-order valence-electron chi connectivity index (χ4n) is 2.12. The standard InChI is InChI=1S/C13H18ClNO2S/c1-10-7-12(10)9-15(2)18(16,17)13-6-4-3-5-11(13)8-14/h3-6,10,12H,7-9H2,1-2H3. The Morgan fingerprint density at radius 1 is 1.39 bits per heavy atom. The van der Waals surface area contributed by atoms with Crippen molar-refractivity contribution in [2.75, 3.05) is 13.6 Å². The van der Waals surface area contributed by atoms with Crippen LogP contribution in [0.4, 0.5) is 0 Å². The second-order valence-corrected chi connectivity index (χ2v) is 7.28. The highest BCUT2D eigenvalue weighted by atomic mass is 35.5. The molecular weight excluding hydrogens is 270 g/mol. The molecule has 1 aliphatic carbocycles. The molecule has 3 nitrogen and oxygen atoms in total. The Hall–Kier alpha value is -0.580. The molecule has 18 heavy (non-hydrogen) atoms. The predicted octanol–water partition coefficient (Wildman–Crippen LogP) is 2.70. The van der Waals surface area contributed by atoms with Crippen molar-refractivity contribution >= 4 is 21.6 Å². The summed E-state index contributed by atoms with van der Waals surface area (Å²) < 4.78 is 26.3. The van der Waals surface area contributed by atoms with Crippen molar-refractivity contribution in [2.24, 2.45) is 11.8 Å². The predicted molar refractivity (Wildman–Crippen MR) is 73.1 cm³/mol. The lowest BCUT2D eigenvalue weighted by Gasteiger charge is -2.18. The third-order valence-electron chi connectivity index (χ3n) is 3.57. The number of sulfonamides is 1. The molecular formula is C13H18ClNO2S. The molecule has 0 spiro atoms. The molecule has 0 radical (unpaired) electrons. The van der Waals surface area contributed by atoms with Gasteiger partial charge in [-0.3, -0.25) is 0 Å². The van der Waals surface area contributed by atoms with Gasteiger partial charge in [0.25, 0.3) is 0 Å². The van der Waals surface area contributed by atoms with Gasteiger partial charge in [0.2, 0.25) is 10.0 Å². The minimum Gasteiger partial charge on any atom is -0.207 e. The summed E-state index contributed by atoms with van der Waals surface area (Å²) in [6, 6.07) is 6.92. The maximum atomic E-state index is 12.4. The molecule has 2 unspecified atom stereocenters. The molecule has 1 aromatic carbocycles. The Bertz CT molecular complexity index is 530. The summed E-state index contributed by atoms with van der Waals surface area (Å²) >= 11 is 5.80. The van der Waals surface area contributed by atoms with E-state index in [9.17, 15) is 8.42 Å². The first kappa shape index (κ1) is 13.8. The van der Waals surface area contributed by atoms with E-state index in [1.54, 1.807) is 31.3 Å². The molecule has 0 aliphatic heterocycles. The van der Waals surface area contributed by atoms with Gasteiger partial charge < -0.3 is 0 Å². The van der Waals surface area contributed by atoms with Crippen LogP contribution in [0.5, 0.6) is 0 Å². The number of halogens is 1. The molecule has 2 rings (SSSR count). The van der Waals surface area contributed by atoms with Crippen LogP contribution in [-0.2, 0) is 15.9 Å². The van der Waals surface area contributed by atoms with Crippen LogP contribution in [0.3, 0.4) is 0 Å².